The number of hydrogen-bond donors (Lipinski definition) is 0. The predicted molar refractivity (Wildman–Crippen MR) is 99.3 cm³/mol. The minimum Gasteiger partial charge on any atom is -0.0831 e. The van der Waals surface area contributed by atoms with E-state index in [0.717, 1.165) is 5.92 Å². The standard InChI is InChI=1S/C20H22S2/c1-4-10-17(11-5-1)16-20(21-18-12-6-2-7-13-18)22-19-14-8-3-9-15-19/h2-3,6-9,12-17H,1,4-5,10-11H2. The lowest BCUT2D eigenvalue weighted by atomic mass is 9.90. The number of allylic oxidation sites excluding steroid dienone is 1. The van der Waals surface area contributed by atoms with Crippen LogP contribution in [0.25, 0.3) is 0 Å². The van der Waals surface area contributed by atoms with Gasteiger partial charge in [0.25, 0.3) is 0 Å². The van der Waals surface area contributed by atoms with Gasteiger partial charge in [0.1, 0.15) is 0 Å². The third-order valence-corrected chi connectivity index (χ3v) is 6.14. The lowest BCUT2D eigenvalue weighted by Gasteiger charge is -2.19. The average Bonchev–Trinajstić information content (AvgIpc) is 2.57. The van der Waals surface area contributed by atoms with Gasteiger partial charge >= 0.3 is 0 Å². The molecule has 0 bridgehead atoms. The smallest absolute Gasteiger partial charge is 0.0461 e. The molecule has 1 fully saturated rings. The molecule has 0 aliphatic heterocycles. The van der Waals surface area contributed by atoms with Crippen molar-refractivity contribution >= 4 is 23.5 Å². The molecule has 0 radical (unpaired) electrons. The van der Waals surface area contributed by atoms with Crippen molar-refractivity contribution in [1.29, 1.82) is 0 Å². The molecule has 1 saturated carbocycles. The maximum Gasteiger partial charge on any atom is 0.0461 e. The van der Waals surface area contributed by atoms with Gasteiger partial charge in [0.05, 0.1) is 0 Å². The largest absolute Gasteiger partial charge is 0.0831 e. The molecule has 0 heterocycles. The lowest BCUT2D eigenvalue weighted by molar-refractivity contribution is 0.419. The van der Waals surface area contributed by atoms with Gasteiger partial charge in [-0.1, -0.05) is 85.3 Å². The van der Waals surface area contributed by atoms with Crippen molar-refractivity contribution in [2.24, 2.45) is 5.92 Å². The van der Waals surface area contributed by atoms with E-state index in [1.54, 1.807) is 0 Å². The molecule has 0 N–H and O–H groups in total. The molecule has 0 amide bonds. The molecule has 114 valence electrons. The molecule has 0 spiro atoms. The molecule has 1 aliphatic rings. The van der Waals surface area contributed by atoms with Gasteiger partial charge in [-0.15, -0.1) is 0 Å². The van der Waals surface area contributed by atoms with E-state index in [0.29, 0.717) is 0 Å². The van der Waals surface area contributed by atoms with Crippen LogP contribution >= 0.6 is 23.5 Å². The number of rotatable bonds is 5. The molecule has 0 atom stereocenters. The van der Waals surface area contributed by atoms with Crippen molar-refractivity contribution in [2.75, 3.05) is 0 Å². The zero-order valence-electron chi connectivity index (χ0n) is 12.8. The van der Waals surface area contributed by atoms with Gasteiger partial charge in [-0.2, -0.15) is 0 Å². The van der Waals surface area contributed by atoms with E-state index in [1.165, 1.54) is 46.1 Å². The minimum atomic E-state index is 0.760. The van der Waals surface area contributed by atoms with Gasteiger partial charge in [-0.25, -0.2) is 0 Å². The van der Waals surface area contributed by atoms with Gasteiger partial charge in [0.15, 0.2) is 0 Å². The first-order valence-electron chi connectivity index (χ1n) is 8.08. The average molecular weight is 327 g/mol. The van der Waals surface area contributed by atoms with Crippen LogP contribution in [-0.4, -0.2) is 0 Å². The maximum atomic E-state index is 2.52. The summed E-state index contributed by atoms with van der Waals surface area (Å²) in [6.45, 7) is 0. The molecule has 22 heavy (non-hydrogen) atoms. The first-order valence-corrected chi connectivity index (χ1v) is 9.71. The normalized spacial score (nSPS) is 15.5. The van der Waals surface area contributed by atoms with Gasteiger partial charge in [-0.05, 0) is 43.0 Å². The Morgan fingerprint density at radius 1 is 0.727 bits per heavy atom. The van der Waals surface area contributed by atoms with Crippen LogP contribution in [0.3, 0.4) is 0 Å². The molecule has 0 nitrogen and oxygen atoms in total. The fourth-order valence-corrected chi connectivity index (χ4v) is 5.11. The van der Waals surface area contributed by atoms with E-state index in [-0.39, 0.29) is 0 Å². The number of benzene rings is 2. The van der Waals surface area contributed by atoms with E-state index in [1.807, 2.05) is 23.5 Å². The summed E-state index contributed by atoms with van der Waals surface area (Å²) in [4.78, 5) is 2.65. The topological polar surface area (TPSA) is 0 Å². The Kier molecular flexibility index (Phi) is 6.09. The summed E-state index contributed by atoms with van der Waals surface area (Å²) in [5, 5.41) is 0. The molecule has 0 aromatic heterocycles. The molecule has 0 saturated heterocycles. The number of thioether (sulfide) groups is 2. The van der Waals surface area contributed by atoms with E-state index in [2.05, 4.69) is 66.7 Å². The van der Waals surface area contributed by atoms with Gasteiger partial charge in [-0.3, -0.25) is 0 Å². The molecule has 1 aliphatic carbocycles. The highest BCUT2D eigenvalue weighted by atomic mass is 32.2. The van der Waals surface area contributed by atoms with Crippen LogP contribution in [0, 0.1) is 5.92 Å². The molecule has 0 unspecified atom stereocenters. The second-order valence-electron chi connectivity index (χ2n) is 5.71. The van der Waals surface area contributed by atoms with Gasteiger partial charge < -0.3 is 0 Å². The Morgan fingerprint density at radius 3 is 1.73 bits per heavy atom. The summed E-state index contributed by atoms with van der Waals surface area (Å²) < 4.78 is 1.42. The zero-order valence-corrected chi connectivity index (χ0v) is 14.4. The van der Waals surface area contributed by atoms with Crippen LogP contribution in [-0.2, 0) is 0 Å². The highest BCUT2D eigenvalue weighted by molar-refractivity contribution is 8.22. The second kappa shape index (κ2) is 8.50. The van der Waals surface area contributed by atoms with Gasteiger partial charge in [0, 0.05) is 14.0 Å². The highest BCUT2D eigenvalue weighted by Crippen LogP contribution is 2.41. The fourth-order valence-electron chi connectivity index (χ4n) is 2.79. The Bertz CT molecular complexity index is 540. The van der Waals surface area contributed by atoms with Crippen LogP contribution in [0.4, 0.5) is 0 Å². The van der Waals surface area contributed by atoms with E-state index in [4.69, 9.17) is 0 Å². The number of hydrogen-bond acceptors (Lipinski definition) is 2. The van der Waals surface area contributed by atoms with Crippen molar-refractivity contribution in [1.82, 2.24) is 0 Å². The van der Waals surface area contributed by atoms with Crippen molar-refractivity contribution in [3.8, 4) is 0 Å². The maximum absolute atomic E-state index is 2.52. The summed E-state index contributed by atoms with van der Waals surface area (Å²) in [6.07, 6.45) is 9.43. The summed E-state index contributed by atoms with van der Waals surface area (Å²) in [5.74, 6) is 0.760. The van der Waals surface area contributed by atoms with Crippen LogP contribution < -0.4 is 0 Å². The molecule has 2 aromatic carbocycles. The molecular formula is C20H22S2. The third-order valence-electron chi connectivity index (χ3n) is 3.94. The third kappa shape index (κ3) is 4.96. The van der Waals surface area contributed by atoms with Gasteiger partial charge in [0.2, 0.25) is 0 Å². The van der Waals surface area contributed by atoms with Crippen LogP contribution in [0.5, 0.6) is 0 Å². The lowest BCUT2D eigenvalue weighted by Crippen LogP contribution is -2.03. The van der Waals surface area contributed by atoms with Crippen LogP contribution in [0.2, 0.25) is 0 Å². The van der Waals surface area contributed by atoms with Crippen molar-refractivity contribution in [3.63, 3.8) is 0 Å². The molecular weight excluding hydrogens is 304 g/mol. The predicted octanol–water partition coefficient (Wildman–Crippen LogP) is 6.99. The Hall–Kier alpha value is -1.12. The first-order chi connectivity index (χ1) is 10.9. The van der Waals surface area contributed by atoms with Crippen molar-refractivity contribution in [2.45, 2.75) is 41.9 Å². The van der Waals surface area contributed by atoms with Crippen LogP contribution in [0.15, 0.2) is 80.8 Å². The Morgan fingerprint density at radius 2 is 1.23 bits per heavy atom. The van der Waals surface area contributed by atoms with E-state index in [9.17, 15) is 0 Å². The fraction of sp³-hybridized carbons (Fsp3) is 0.300. The summed E-state index contributed by atoms with van der Waals surface area (Å²) >= 11 is 3.80. The van der Waals surface area contributed by atoms with E-state index >= 15 is 0 Å². The summed E-state index contributed by atoms with van der Waals surface area (Å²) in [6, 6.07) is 21.4. The molecule has 2 heteroatoms. The molecule has 2 aromatic rings. The molecule has 3 rings (SSSR count). The quantitative estimate of drug-likeness (QED) is 0.543. The Labute approximate surface area is 142 Å². The van der Waals surface area contributed by atoms with Crippen molar-refractivity contribution < 1.29 is 0 Å². The highest BCUT2D eigenvalue weighted by Gasteiger charge is 2.13. The minimum absolute atomic E-state index is 0.760. The SMILES string of the molecule is C(=C(Sc1ccccc1)Sc1ccccc1)C1CCCCC1. The monoisotopic (exact) mass is 326 g/mol. The summed E-state index contributed by atoms with van der Waals surface area (Å²) in [5.41, 5.74) is 0. The zero-order chi connectivity index (χ0) is 15.0. The first kappa shape index (κ1) is 15.8. The van der Waals surface area contributed by atoms with Crippen molar-refractivity contribution in [3.05, 3.63) is 71.0 Å². The second-order valence-corrected chi connectivity index (χ2v) is 8.20. The Balaban J connectivity index is 1.76. The van der Waals surface area contributed by atoms with Crippen LogP contribution in [0.1, 0.15) is 32.1 Å². The van der Waals surface area contributed by atoms with E-state index < -0.39 is 0 Å². The summed E-state index contributed by atoms with van der Waals surface area (Å²) in [7, 11) is 0.